The molecule has 2 saturated heterocycles. The summed E-state index contributed by atoms with van der Waals surface area (Å²) in [5.74, 6) is -0.672. The van der Waals surface area contributed by atoms with Gasteiger partial charge in [-0.1, -0.05) is 0 Å². The van der Waals surface area contributed by atoms with Crippen LogP contribution >= 0.6 is 0 Å². The topological polar surface area (TPSA) is 50.5 Å². The number of aromatic nitrogens is 2. The zero-order valence-electron chi connectivity index (χ0n) is 13.8. The summed E-state index contributed by atoms with van der Waals surface area (Å²) in [4.78, 5) is 6.68. The number of nitrogens with zero attached hydrogens (tertiary/aromatic N) is 3. The van der Waals surface area contributed by atoms with Crippen molar-refractivity contribution in [3.63, 3.8) is 0 Å². The highest BCUT2D eigenvalue weighted by atomic mass is 19.1. The van der Waals surface area contributed by atoms with E-state index in [-0.39, 0.29) is 18.8 Å². The molecule has 0 bridgehead atoms. The Kier molecular flexibility index (Phi) is 4.54. The molecule has 7 heteroatoms. The Hall–Kier alpha value is -1.83. The zero-order valence-corrected chi connectivity index (χ0v) is 13.8. The van der Waals surface area contributed by atoms with E-state index in [0.29, 0.717) is 30.5 Å². The Morgan fingerprint density at radius 1 is 1.24 bits per heavy atom. The second kappa shape index (κ2) is 6.82. The maximum absolute atomic E-state index is 14.2. The number of hydrogen-bond acceptors (Lipinski definition) is 4. The first-order valence-corrected chi connectivity index (χ1v) is 8.60. The number of halogens is 2. The molecule has 0 amide bonds. The fourth-order valence-corrected chi connectivity index (χ4v) is 3.92. The molecule has 0 aliphatic carbocycles. The fourth-order valence-electron chi connectivity index (χ4n) is 3.92. The molecular formula is C18H21F2N3O2. The molecule has 3 heterocycles. The summed E-state index contributed by atoms with van der Waals surface area (Å²) in [6.07, 6.45) is 5.12. The molecule has 1 N–H and O–H groups in total. The molecule has 2 fully saturated rings. The maximum Gasteiger partial charge on any atom is 0.143 e. The molecule has 3 atom stereocenters. The van der Waals surface area contributed by atoms with Crippen molar-refractivity contribution in [3.8, 4) is 11.4 Å². The average molecular weight is 349 g/mol. The van der Waals surface area contributed by atoms with Gasteiger partial charge in [-0.05, 0) is 25.0 Å². The highest BCUT2D eigenvalue weighted by Crippen LogP contribution is 2.34. The Morgan fingerprint density at radius 2 is 2.12 bits per heavy atom. The van der Waals surface area contributed by atoms with Crippen LogP contribution in [0.2, 0.25) is 0 Å². The van der Waals surface area contributed by atoms with Crippen LogP contribution in [-0.4, -0.2) is 58.0 Å². The summed E-state index contributed by atoms with van der Waals surface area (Å²) in [5, 5.41) is 9.10. The highest BCUT2D eigenvalue weighted by molar-refractivity contribution is 5.56. The van der Waals surface area contributed by atoms with Gasteiger partial charge in [0.05, 0.1) is 18.3 Å². The first-order chi connectivity index (χ1) is 12.2. The number of imidazole rings is 1. The van der Waals surface area contributed by atoms with Crippen molar-refractivity contribution in [3.05, 3.63) is 42.2 Å². The maximum atomic E-state index is 14.2. The molecule has 25 heavy (non-hydrogen) atoms. The summed E-state index contributed by atoms with van der Waals surface area (Å²) >= 11 is 0. The van der Waals surface area contributed by atoms with E-state index in [1.54, 1.807) is 6.20 Å². The van der Waals surface area contributed by atoms with Crippen molar-refractivity contribution in [2.24, 2.45) is 0 Å². The van der Waals surface area contributed by atoms with Gasteiger partial charge in [0.1, 0.15) is 17.5 Å². The molecule has 2 aromatic rings. The predicted molar refractivity (Wildman–Crippen MR) is 88.0 cm³/mol. The quantitative estimate of drug-likeness (QED) is 0.920. The lowest BCUT2D eigenvalue weighted by Gasteiger charge is -2.34. The summed E-state index contributed by atoms with van der Waals surface area (Å²) in [7, 11) is 0. The van der Waals surface area contributed by atoms with Gasteiger partial charge >= 0.3 is 0 Å². The largest absolute Gasteiger partial charge is 0.396 e. The predicted octanol–water partition coefficient (Wildman–Crippen LogP) is 2.22. The molecular weight excluding hydrogens is 328 g/mol. The summed E-state index contributed by atoms with van der Waals surface area (Å²) in [5.41, 5.74) is 0.311. The molecule has 0 saturated carbocycles. The third-order valence-corrected chi connectivity index (χ3v) is 5.15. The molecule has 0 spiro atoms. The molecule has 2 aliphatic heterocycles. The van der Waals surface area contributed by atoms with Crippen LogP contribution in [0.1, 0.15) is 18.9 Å². The van der Waals surface area contributed by atoms with E-state index in [2.05, 4.69) is 9.88 Å². The summed E-state index contributed by atoms with van der Waals surface area (Å²) in [6.45, 7) is 2.41. The second-order valence-electron chi connectivity index (χ2n) is 6.75. The van der Waals surface area contributed by atoms with Crippen molar-refractivity contribution in [1.82, 2.24) is 14.5 Å². The average Bonchev–Trinajstić information content (AvgIpc) is 3.21. The minimum absolute atomic E-state index is 0.0665. The zero-order chi connectivity index (χ0) is 17.4. The minimum Gasteiger partial charge on any atom is -0.396 e. The van der Waals surface area contributed by atoms with Crippen LogP contribution in [0.5, 0.6) is 0 Å². The Balaban J connectivity index is 1.55. The summed E-state index contributed by atoms with van der Waals surface area (Å²) < 4.78 is 35.1. The van der Waals surface area contributed by atoms with Crippen molar-refractivity contribution in [2.45, 2.75) is 31.0 Å². The van der Waals surface area contributed by atoms with Gasteiger partial charge in [-0.2, -0.15) is 0 Å². The number of fused-ring (bicyclic) bond motifs is 1. The van der Waals surface area contributed by atoms with Crippen LogP contribution in [0, 0.1) is 11.6 Å². The molecule has 1 aromatic carbocycles. The number of ether oxygens (including phenoxy) is 1. The first kappa shape index (κ1) is 16.6. The van der Waals surface area contributed by atoms with Crippen molar-refractivity contribution >= 4 is 0 Å². The number of aliphatic hydroxyl groups is 1. The normalized spacial score (nSPS) is 26.8. The summed E-state index contributed by atoms with van der Waals surface area (Å²) in [6, 6.07) is 4.07. The van der Waals surface area contributed by atoms with Crippen molar-refractivity contribution in [1.29, 1.82) is 0 Å². The van der Waals surface area contributed by atoms with E-state index >= 15 is 0 Å². The third-order valence-electron chi connectivity index (χ3n) is 5.15. The van der Waals surface area contributed by atoms with Gasteiger partial charge in [-0.15, -0.1) is 0 Å². The van der Waals surface area contributed by atoms with E-state index in [0.717, 1.165) is 25.6 Å². The van der Waals surface area contributed by atoms with E-state index in [1.807, 2.05) is 10.8 Å². The lowest BCUT2D eigenvalue weighted by Crippen LogP contribution is -2.46. The van der Waals surface area contributed by atoms with E-state index in [4.69, 9.17) is 9.84 Å². The Labute approximate surface area is 144 Å². The molecule has 4 rings (SSSR count). The van der Waals surface area contributed by atoms with Gasteiger partial charge in [-0.3, -0.25) is 4.90 Å². The van der Waals surface area contributed by atoms with Crippen LogP contribution in [0.4, 0.5) is 8.78 Å². The second-order valence-corrected chi connectivity index (χ2v) is 6.75. The first-order valence-electron chi connectivity index (χ1n) is 8.60. The molecule has 0 radical (unpaired) electrons. The number of benzene rings is 1. The molecule has 0 unspecified atom stereocenters. The van der Waals surface area contributed by atoms with Crippen LogP contribution in [-0.2, 0) is 4.74 Å². The van der Waals surface area contributed by atoms with Crippen LogP contribution in [0.25, 0.3) is 11.4 Å². The standard InChI is InChI=1S/C18H21F2N3O2/c19-12-1-2-16(17(20)7-12)18-21-4-5-23(18)13-8-14-11-25-15(3-6-24)10-22(14)9-13/h1-2,4-5,7,13-15,24H,3,6,8-11H2/t13-,14+,15+/m1/s1. The van der Waals surface area contributed by atoms with E-state index < -0.39 is 11.6 Å². The number of rotatable bonds is 4. The van der Waals surface area contributed by atoms with Crippen LogP contribution in [0.3, 0.4) is 0 Å². The number of morpholine rings is 1. The highest BCUT2D eigenvalue weighted by Gasteiger charge is 2.38. The lowest BCUT2D eigenvalue weighted by molar-refractivity contribution is -0.0567. The SMILES string of the molecule is OCC[C@H]1CN2C[C@H](n3ccnc3-c3ccc(F)cc3F)C[C@H]2CO1. The van der Waals surface area contributed by atoms with Gasteiger partial charge in [0.25, 0.3) is 0 Å². The molecule has 5 nitrogen and oxygen atoms in total. The Morgan fingerprint density at radius 3 is 2.92 bits per heavy atom. The van der Waals surface area contributed by atoms with Gasteiger partial charge in [0.2, 0.25) is 0 Å². The third kappa shape index (κ3) is 3.19. The number of hydrogen-bond donors (Lipinski definition) is 1. The van der Waals surface area contributed by atoms with Crippen molar-refractivity contribution in [2.75, 3.05) is 26.3 Å². The van der Waals surface area contributed by atoms with Gasteiger partial charge in [0, 0.05) is 50.2 Å². The lowest BCUT2D eigenvalue weighted by atomic mass is 10.1. The smallest absolute Gasteiger partial charge is 0.143 e. The van der Waals surface area contributed by atoms with Gasteiger partial charge < -0.3 is 14.4 Å². The number of aliphatic hydroxyl groups excluding tert-OH is 1. The molecule has 1 aromatic heterocycles. The van der Waals surface area contributed by atoms with Crippen LogP contribution < -0.4 is 0 Å². The molecule has 134 valence electrons. The van der Waals surface area contributed by atoms with Gasteiger partial charge in [-0.25, -0.2) is 13.8 Å². The van der Waals surface area contributed by atoms with E-state index in [1.165, 1.54) is 12.1 Å². The van der Waals surface area contributed by atoms with Gasteiger partial charge in [0.15, 0.2) is 0 Å². The van der Waals surface area contributed by atoms with Crippen molar-refractivity contribution < 1.29 is 18.6 Å². The van der Waals surface area contributed by atoms with E-state index in [9.17, 15) is 8.78 Å². The molecule has 2 aliphatic rings. The fraction of sp³-hybridized carbons (Fsp3) is 0.500. The monoisotopic (exact) mass is 349 g/mol. The van der Waals surface area contributed by atoms with Crippen LogP contribution in [0.15, 0.2) is 30.6 Å². The Bertz CT molecular complexity index is 752. The minimum atomic E-state index is -0.602.